The highest BCUT2D eigenvalue weighted by molar-refractivity contribution is 6.12. The lowest BCUT2D eigenvalue weighted by Gasteiger charge is -2.21. The molecule has 0 bridgehead atoms. The monoisotopic (exact) mass is 718 g/mol. The summed E-state index contributed by atoms with van der Waals surface area (Å²) in [5, 5.41) is 21.6. The van der Waals surface area contributed by atoms with Crippen LogP contribution in [0.15, 0.2) is 36.4 Å². The Kier molecular flexibility index (Phi) is 18.3. The SMILES string of the molecule is COCCOCC(=O)NC(C)C(=O)NC(C)C(=O)NC(CC(=O)O)C(=O)Nc1ccc(COC(=O)NCCCCCCN2C(=O)C=CC2=O)cc1. The van der Waals surface area contributed by atoms with Crippen LogP contribution in [0, 0.1) is 0 Å². The number of alkyl carbamates (subject to hydrolysis) is 1. The number of unbranched alkanes of at least 4 members (excludes halogenated alkanes) is 3. The van der Waals surface area contributed by atoms with Crippen LogP contribution in [-0.4, -0.2) is 116 Å². The minimum atomic E-state index is -1.49. The average molecular weight is 719 g/mol. The maximum absolute atomic E-state index is 12.9. The van der Waals surface area contributed by atoms with Crippen molar-refractivity contribution >= 4 is 53.2 Å². The molecule has 0 saturated carbocycles. The quantitative estimate of drug-likeness (QED) is 0.0645. The molecular formula is C33H46N6O12. The number of methoxy groups -OCH3 is 1. The highest BCUT2D eigenvalue weighted by Gasteiger charge is 2.28. The van der Waals surface area contributed by atoms with Crippen LogP contribution >= 0.6 is 0 Å². The molecule has 1 aliphatic heterocycles. The van der Waals surface area contributed by atoms with E-state index in [1.165, 1.54) is 50.1 Å². The number of hydrogen-bond donors (Lipinski definition) is 6. The summed E-state index contributed by atoms with van der Waals surface area (Å²) in [4.78, 5) is 97.8. The molecule has 2 rings (SSSR count). The number of nitrogens with zero attached hydrogens (tertiary/aromatic N) is 1. The van der Waals surface area contributed by atoms with Crippen molar-refractivity contribution < 1.29 is 57.7 Å². The van der Waals surface area contributed by atoms with Gasteiger partial charge in [-0.2, -0.15) is 0 Å². The summed E-state index contributed by atoms with van der Waals surface area (Å²) in [7, 11) is 1.48. The first-order valence-corrected chi connectivity index (χ1v) is 16.3. The van der Waals surface area contributed by atoms with Gasteiger partial charge in [0.05, 0.1) is 19.6 Å². The number of amides is 7. The van der Waals surface area contributed by atoms with Crippen LogP contribution in [0.25, 0.3) is 0 Å². The number of rotatable bonds is 23. The molecule has 3 atom stereocenters. The first-order chi connectivity index (χ1) is 24.3. The first kappa shape index (κ1) is 41.8. The lowest BCUT2D eigenvalue weighted by atomic mass is 10.1. The summed E-state index contributed by atoms with van der Waals surface area (Å²) in [5.41, 5.74) is 0.886. The Hall–Kier alpha value is -5.36. The van der Waals surface area contributed by atoms with Crippen molar-refractivity contribution in [1.82, 2.24) is 26.2 Å². The molecule has 51 heavy (non-hydrogen) atoms. The van der Waals surface area contributed by atoms with Crippen LogP contribution in [0.5, 0.6) is 0 Å². The summed E-state index contributed by atoms with van der Waals surface area (Å²) in [6.07, 6.45) is 4.07. The zero-order valence-corrected chi connectivity index (χ0v) is 28.9. The maximum Gasteiger partial charge on any atom is 0.407 e. The Bertz CT molecular complexity index is 1400. The van der Waals surface area contributed by atoms with Crippen LogP contribution in [0.2, 0.25) is 0 Å². The molecule has 18 heteroatoms. The summed E-state index contributed by atoms with van der Waals surface area (Å²) in [6.45, 7) is 3.60. The Labute approximate surface area is 295 Å². The van der Waals surface area contributed by atoms with Crippen molar-refractivity contribution in [1.29, 1.82) is 0 Å². The normalized spacial score (nSPS) is 13.9. The molecule has 1 aliphatic rings. The molecule has 3 unspecified atom stereocenters. The minimum Gasteiger partial charge on any atom is -0.481 e. The molecule has 1 heterocycles. The van der Waals surface area contributed by atoms with Crippen molar-refractivity contribution in [2.45, 2.75) is 70.7 Å². The molecule has 6 N–H and O–H groups in total. The fraction of sp³-hybridized carbons (Fsp3) is 0.515. The van der Waals surface area contributed by atoms with Gasteiger partial charge in [-0.25, -0.2) is 4.79 Å². The number of carbonyl (C=O) groups is 8. The molecule has 1 aromatic carbocycles. The van der Waals surface area contributed by atoms with Crippen LogP contribution in [0.1, 0.15) is 51.5 Å². The Balaban J connectivity index is 1.73. The summed E-state index contributed by atoms with van der Waals surface area (Å²) in [6, 6.07) is 2.50. The molecule has 0 fully saturated rings. The maximum atomic E-state index is 12.9. The molecule has 280 valence electrons. The molecule has 0 spiro atoms. The summed E-state index contributed by atoms with van der Waals surface area (Å²) in [5.74, 6) is -4.86. The van der Waals surface area contributed by atoms with E-state index in [0.29, 0.717) is 38.1 Å². The van der Waals surface area contributed by atoms with Crippen molar-refractivity contribution in [2.24, 2.45) is 0 Å². The van der Waals surface area contributed by atoms with E-state index < -0.39 is 60.2 Å². The fourth-order valence-corrected chi connectivity index (χ4v) is 4.44. The summed E-state index contributed by atoms with van der Waals surface area (Å²) < 4.78 is 15.1. The van der Waals surface area contributed by atoms with Crippen LogP contribution in [0.3, 0.4) is 0 Å². The van der Waals surface area contributed by atoms with Gasteiger partial charge in [-0.3, -0.25) is 38.5 Å². The number of carboxylic acids is 1. The van der Waals surface area contributed by atoms with Gasteiger partial charge in [0, 0.05) is 38.0 Å². The second-order valence-electron chi connectivity index (χ2n) is 11.5. The third kappa shape index (κ3) is 16.3. The number of carboxylic acid groups (broad SMARTS) is 1. The number of ether oxygens (including phenoxy) is 3. The highest BCUT2D eigenvalue weighted by atomic mass is 16.5. The standard InChI is InChI=1S/C33H46N6O12/c1-21(35-26(40)20-50-17-16-49-3)30(45)36-22(2)31(46)38-25(18-29(43)44)32(47)37-24-10-8-23(9-11-24)19-51-33(48)34-14-6-4-5-7-15-39-27(41)12-13-28(39)42/h8-13,21-22,25H,4-7,14-20H2,1-3H3,(H,34,48)(H,35,40)(H,36,45)(H,37,47)(H,38,46)(H,43,44). The third-order valence-corrected chi connectivity index (χ3v) is 7.27. The van der Waals surface area contributed by atoms with Crippen molar-refractivity contribution in [3.05, 3.63) is 42.0 Å². The van der Waals surface area contributed by atoms with Crippen LogP contribution in [0.4, 0.5) is 10.5 Å². The van der Waals surface area contributed by atoms with Gasteiger partial charge in [0.15, 0.2) is 0 Å². The van der Waals surface area contributed by atoms with Gasteiger partial charge in [-0.15, -0.1) is 0 Å². The number of aliphatic carboxylic acids is 1. The van der Waals surface area contributed by atoms with Gasteiger partial charge < -0.3 is 45.9 Å². The smallest absolute Gasteiger partial charge is 0.407 e. The van der Waals surface area contributed by atoms with E-state index in [4.69, 9.17) is 14.2 Å². The predicted molar refractivity (Wildman–Crippen MR) is 180 cm³/mol. The summed E-state index contributed by atoms with van der Waals surface area (Å²) >= 11 is 0. The number of hydrogen-bond acceptors (Lipinski definition) is 11. The zero-order chi connectivity index (χ0) is 37.8. The van der Waals surface area contributed by atoms with Crippen molar-refractivity contribution in [3.8, 4) is 0 Å². The molecule has 7 amide bonds. The lowest BCUT2D eigenvalue weighted by molar-refractivity contribution is -0.140. The fourth-order valence-electron chi connectivity index (χ4n) is 4.44. The van der Waals surface area contributed by atoms with E-state index in [0.717, 1.165) is 12.8 Å². The van der Waals surface area contributed by atoms with E-state index in [1.54, 1.807) is 12.1 Å². The number of benzene rings is 1. The van der Waals surface area contributed by atoms with E-state index in [-0.39, 0.29) is 37.3 Å². The van der Waals surface area contributed by atoms with Gasteiger partial charge in [0.1, 0.15) is 31.3 Å². The number of imide groups is 1. The largest absolute Gasteiger partial charge is 0.481 e. The number of nitrogens with one attached hydrogen (secondary N) is 5. The van der Waals surface area contributed by atoms with E-state index in [1.807, 2.05) is 0 Å². The zero-order valence-electron chi connectivity index (χ0n) is 28.9. The molecule has 1 aromatic rings. The average Bonchev–Trinajstić information content (AvgIpc) is 3.41. The van der Waals surface area contributed by atoms with Gasteiger partial charge >= 0.3 is 12.1 Å². The van der Waals surface area contributed by atoms with Gasteiger partial charge in [-0.05, 0) is 44.4 Å². The molecule has 18 nitrogen and oxygen atoms in total. The Morgan fingerprint density at radius 3 is 2.08 bits per heavy atom. The van der Waals surface area contributed by atoms with Crippen LogP contribution in [-0.2, 0) is 54.4 Å². The van der Waals surface area contributed by atoms with Gasteiger partial charge in [-0.1, -0.05) is 25.0 Å². The highest BCUT2D eigenvalue weighted by Crippen LogP contribution is 2.12. The topological polar surface area (TPSA) is 248 Å². The Morgan fingerprint density at radius 2 is 1.43 bits per heavy atom. The van der Waals surface area contributed by atoms with Crippen molar-refractivity contribution in [3.63, 3.8) is 0 Å². The number of carbonyl (C=O) groups excluding carboxylic acids is 7. The molecular weight excluding hydrogens is 672 g/mol. The Morgan fingerprint density at radius 1 is 0.804 bits per heavy atom. The van der Waals surface area contributed by atoms with E-state index in [9.17, 15) is 43.5 Å². The van der Waals surface area contributed by atoms with Crippen molar-refractivity contribution in [2.75, 3.05) is 45.3 Å². The van der Waals surface area contributed by atoms with Gasteiger partial charge in [0.25, 0.3) is 11.8 Å². The molecule has 0 aliphatic carbocycles. The molecule has 0 aromatic heterocycles. The number of anilines is 1. The second kappa shape index (κ2) is 22.4. The third-order valence-electron chi connectivity index (χ3n) is 7.27. The van der Waals surface area contributed by atoms with Crippen LogP contribution < -0.4 is 26.6 Å². The van der Waals surface area contributed by atoms with E-state index in [2.05, 4.69) is 26.6 Å². The predicted octanol–water partition coefficient (Wildman–Crippen LogP) is -0.0314. The van der Waals surface area contributed by atoms with E-state index >= 15 is 0 Å². The lowest BCUT2D eigenvalue weighted by Crippen LogP contribution is -2.55. The first-order valence-electron chi connectivity index (χ1n) is 16.3. The minimum absolute atomic E-state index is 0.0578. The second-order valence-corrected chi connectivity index (χ2v) is 11.5. The van der Waals surface area contributed by atoms with Gasteiger partial charge in [0.2, 0.25) is 23.6 Å². The molecule has 0 saturated heterocycles. The molecule has 0 radical (unpaired) electrons.